The first-order valence-corrected chi connectivity index (χ1v) is 10.8. The molecule has 4 rings (SSSR count). The van der Waals surface area contributed by atoms with Gasteiger partial charge in [-0.25, -0.2) is 22.7 Å². The lowest BCUT2D eigenvalue weighted by Gasteiger charge is -2.30. The van der Waals surface area contributed by atoms with Crippen molar-refractivity contribution in [1.29, 1.82) is 5.26 Å². The van der Waals surface area contributed by atoms with Gasteiger partial charge in [-0.15, -0.1) is 0 Å². The Labute approximate surface area is 169 Å². The van der Waals surface area contributed by atoms with Gasteiger partial charge in [-0.2, -0.15) is 23.4 Å². The maximum absolute atomic E-state index is 13.1. The van der Waals surface area contributed by atoms with E-state index in [9.17, 15) is 26.9 Å². The largest absolute Gasteiger partial charge is 0.434 e. The lowest BCUT2D eigenvalue weighted by atomic mass is 10.1. The monoisotopic (exact) mass is 439 g/mol. The molecule has 0 amide bonds. The Morgan fingerprint density at radius 1 is 1.23 bits per heavy atom. The second kappa shape index (κ2) is 7.06. The van der Waals surface area contributed by atoms with Crippen molar-refractivity contribution in [3.8, 4) is 6.07 Å². The van der Waals surface area contributed by atoms with E-state index < -0.39 is 21.9 Å². The zero-order valence-electron chi connectivity index (χ0n) is 15.7. The summed E-state index contributed by atoms with van der Waals surface area (Å²) in [6, 6.07) is 3.16. The topological polar surface area (TPSA) is 116 Å². The van der Waals surface area contributed by atoms with Gasteiger partial charge >= 0.3 is 6.18 Å². The molecule has 13 heteroatoms. The standard InChI is InChI=1S/C17H16F3N7O2S/c1-30(28,29)26-4-2-12(3-5-26)23-16-22-8-11-6-10(7-21)14-24-13(17(18,19)20)9-27(14)15(11)25-16/h6,8-9,12H,2-5H2,1H3,(H,22,23,25). The molecule has 1 aliphatic rings. The number of nitrogens with zero attached hydrogens (tertiary/aromatic N) is 6. The minimum atomic E-state index is -4.66. The Hall–Kier alpha value is -2.98. The number of rotatable bonds is 3. The van der Waals surface area contributed by atoms with Crippen LogP contribution in [0.5, 0.6) is 0 Å². The van der Waals surface area contributed by atoms with Gasteiger partial charge in [0.2, 0.25) is 16.0 Å². The highest BCUT2D eigenvalue weighted by Crippen LogP contribution is 2.30. The first-order chi connectivity index (χ1) is 14.1. The molecule has 0 saturated carbocycles. The minimum absolute atomic E-state index is 0.0181. The average molecular weight is 439 g/mol. The van der Waals surface area contributed by atoms with Crippen LogP contribution >= 0.6 is 0 Å². The number of hydrogen-bond acceptors (Lipinski definition) is 7. The van der Waals surface area contributed by atoms with Crippen molar-refractivity contribution in [1.82, 2.24) is 23.7 Å². The maximum atomic E-state index is 13.1. The molecule has 3 aromatic heterocycles. The van der Waals surface area contributed by atoms with Crippen molar-refractivity contribution in [2.24, 2.45) is 0 Å². The fourth-order valence-electron chi connectivity index (χ4n) is 3.43. The van der Waals surface area contributed by atoms with Crippen LogP contribution < -0.4 is 5.32 Å². The Kier molecular flexibility index (Phi) is 4.78. The van der Waals surface area contributed by atoms with Gasteiger partial charge in [-0.05, 0) is 18.9 Å². The summed E-state index contributed by atoms with van der Waals surface area (Å²) in [7, 11) is -3.25. The molecule has 30 heavy (non-hydrogen) atoms. The second-order valence-electron chi connectivity index (χ2n) is 7.04. The molecule has 0 atom stereocenters. The second-order valence-corrected chi connectivity index (χ2v) is 9.02. The van der Waals surface area contributed by atoms with Crippen molar-refractivity contribution >= 4 is 32.7 Å². The van der Waals surface area contributed by atoms with E-state index in [2.05, 4.69) is 20.3 Å². The molecule has 0 bridgehead atoms. The number of alkyl halides is 3. The highest BCUT2D eigenvalue weighted by molar-refractivity contribution is 7.88. The van der Waals surface area contributed by atoms with Crippen molar-refractivity contribution in [2.45, 2.75) is 25.1 Å². The summed E-state index contributed by atoms with van der Waals surface area (Å²) < 4.78 is 65.1. The third kappa shape index (κ3) is 3.75. The number of hydrogen-bond donors (Lipinski definition) is 1. The molecule has 4 heterocycles. The van der Waals surface area contributed by atoms with Crippen LogP contribution in [0.2, 0.25) is 0 Å². The molecule has 0 aliphatic carbocycles. The van der Waals surface area contributed by atoms with Gasteiger partial charge in [0.15, 0.2) is 17.0 Å². The third-order valence-electron chi connectivity index (χ3n) is 4.94. The van der Waals surface area contributed by atoms with E-state index >= 15 is 0 Å². The number of pyridine rings is 1. The Bertz CT molecular complexity index is 1270. The van der Waals surface area contributed by atoms with Gasteiger partial charge in [0.1, 0.15) is 6.07 Å². The van der Waals surface area contributed by atoms with Gasteiger partial charge < -0.3 is 5.32 Å². The summed E-state index contributed by atoms with van der Waals surface area (Å²) in [5.41, 5.74) is -1.09. The molecule has 1 aliphatic heterocycles. The van der Waals surface area contributed by atoms with Crippen molar-refractivity contribution in [3.05, 3.63) is 29.7 Å². The SMILES string of the molecule is CS(=O)(=O)N1CCC(Nc2ncc3cc(C#N)c4nc(C(F)(F)F)cn4c3n2)CC1. The van der Waals surface area contributed by atoms with E-state index in [1.807, 2.05) is 6.07 Å². The van der Waals surface area contributed by atoms with Crippen LogP contribution in [0.25, 0.3) is 16.7 Å². The number of fused-ring (bicyclic) bond motifs is 3. The molecule has 0 aromatic carbocycles. The highest BCUT2D eigenvalue weighted by atomic mass is 32.2. The first kappa shape index (κ1) is 20.3. The molecule has 1 N–H and O–H groups in total. The van der Waals surface area contributed by atoms with E-state index in [1.54, 1.807) is 0 Å². The van der Waals surface area contributed by atoms with Gasteiger partial charge in [0.05, 0.1) is 11.8 Å². The lowest BCUT2D eigenvalue weighted by Crippen LogP contribution is -2.42. The van der Waals surface area contributed by atoms with Crippen LogP contribution in [0, 0.1) is 11.3 Å². The fourth-order valence-corrected chi connectivity index (χ4v) is 4.31. The number of nitrogens with one attached hydrogen (secondary N) is 1. The fraction of sp³-hybridized carbons (Fsp3) is 0.412. The number of aromatic nitrogens is 4. The maximum Gasteiger partial charge on any atom is 0.434 e. The van der Waals surface area contributed by atoms with Crippen molar-refractivity contribution < 1.29 is 21.6 Å². The summed E-state index contributed by atoms with van der Waals surface area (Å²) in [6.07, 6.45) is -0.189. The van der Waals surface area contributed by atoms with E-state index in [-0.39, 0.29) is 28.8 Å². The number of halogens is 3. The zero-order valence-corrected chi connectivity index (χ0v) is 16.5. The number of sulfonamides is 1. The smallest absolute Gasteiger partial charge is 0.351 e. The van der Waals surface area contributed by atoms with Crippen molar-refractivity contribution in [3.63, 3.8) is 0 Å². The average Bonchev–Trinajstić information content (AvgIpc) is 3.13. The summed E-state index contributed by atoms with van der Waals surface area (Å²) in [5, 5.41) is 12.8. The summed E-state index contributed by atoms with van der Waals surface area (Å²) in [5.74, 6) is 0.202. The predicted octanol–water partition coefficient (Wildman–Crippen LogP) is 2.00. The molecule has 1 fully saturated rings. The van der Waals surface area contributed by atoms with Crippen LogP contribution in [-0.4, -0.2) is 57.5 Å². The van der Waals surface area contributed by atoms with Crippen LogP contribution in [0.3, 0.4) is 0 Å². The lowest BCUT2D eigenvalue weighted by molar-refractivity contribution is -0.140. The highest BCUT2D eigenvalue weighted by Gasteiger charge is 2.34. The van der Waals surface area contributed by atoms with Gasteiger partial charge in [0.25, 0.3) is 0 Å². The normalized spacial score (nSPS) is 16.8. The van der Waals surface area contributed by atoms with Crippen LogP contribution in [0.4, 0.5) is 19.1 Å². The third-order valence-corrected chi connectivity index (χ3v) is 6.24. The summed E-state index contributed by atoms with van der Waals surface area (Å²) >= 11 is 0. The molecule has 0 spiro atoms. The molecular weight excluding hydrogens is 423 g/mol. The van der Waals surface area contributed by atoms with Crippen LogP contribution in [0.15, 0.2) is 18.5 Å². The molecule has 1 saturated heterocycles. The van der Waals surface area contributed by atoms with E-state index in [0.29, 0.717) is 31.3 Å². The first-order valence-electron chi connectivity index (χ1n) is 8.94. The molecule has 158 valence electrons. The number of nitriles is 1. The molecule has 3 aromatic rings. The van der Waals surface area contributed by atoms with Gasteiger partial charge in [-0.1, -0.05) is 0 Å². The van der Waals surface area contributed by atoms with Gasteiger partial charge in [0, 0.05) is 36.9 Å². The van der Waals surface area contributed by atoms with Crippen molar-refractivity contribution in [2.75, 3.05) is 24.7 Å². The summed E-state index contributed by atoms with van der Waals surface area (Å²) in [4.78, 5) is 12.1. The molecule has 9 nitrogen and oxygen atoms in total. The molecule has 0 unspecified atom stereocenters. The molecule has 0 radical (unpaired) electrons. The quantitative estimate of drug-likeness (QED) is 0.664. The minimum Gasteiger partial charge on any atom is -0.351 e. The van der Waals surface area contributed by atoms with E-state index in [0.717, 1.165) is 16.9 Å². The zero-order chi connectivity index (χ0) is 21.7. The van der Waals surface area contributed by atoms with E-state index in [1.165, 1.54) is 16.6 Å². The van der Waals surface area contributed by atoms with Gasteiger partial charge in [-0.3, -0.25) is 4.40 Å². The Morgan fingerprint density at radius 2 is 1.93 bits per heavy atom. The van der Waals surface area contributed by atoms with E-state index in [4.69, 9.17) is 0 Å². The van der Waals surface area contributed by atoms with Crippen LogP contribution in [0.1, 0.15) is 24.1 Å². The predicted molar refractivity (Wildman–Crippen MR) is 101 cm³/mol. The molecular formula is C17H16F3N7O2S. The number of imidazole rings is 1. The van der Waals surface area contributed by atoms with Crippen LogP contribution in [-0.2, 0) is 16.2 Å². The Morgan fingerprint density at radius 3 is 2.53 bits per heavy atom. The summed E-state index contributed by atoms with van der Waals surface area (Å²) in [6.45, 7) is 0.715. The number of piperidine rings is 1. The Balaban J connectivity index is 1.68. The number of anilines is 1.